The van der Waals surface area contributed by atoms with Crippen LogP contribution in [0.4, 0.5) is 10.5 Å². The van der Waals surface area contributed by atoms with Gasteiger partial charge in [0.05, 0.1) is 0 Å². The predicted octanol–water partition coefficient (Wildman–Crippen LogP) is 1.66. The SMILES string of the molecule is CC(OC(=O)CN1C(=O)NC(C)(C)C1=O)C(=O)Nc1ccc2c(c1)C(=O)c1ccccc1C2=O. The maximum absolute atomic E-state index is 12.8. The van der Waals surface area contributed by atoms with Crippen molar-refractivity contribution in [3.05, 3.63) is 64.7 Å². The number of carbonyl (C=O) groups excluding carboxylic acids is 6. The average Bonchev–Trinajstić information content (AvgIpc) is 2.98. The van der Waals surface area contributed by atoms with Gasteiger partial charge in [-0.1, -0.05) is 24.3 Å². The number of fused-ring (bicyclic) bond motifs is 2. The highest BCUT2D eigenvalue weighted by atomic mass is 16.5. The zero-order valence-corrected chi connectivity index (χ0v) is 18.6. The molecule has 1 aliphatic heterocycles. The second-order valence-electron chi connectivity index (χ2n) is 8.53. The van der Waals surface area contributed by atoms with Gasteiger partial charge in [-0.2, -0.15) is 0 Å². The molecule has 2 N–H and O–H groups in total. The lowest BCUT2D eigenvalue weighted by atomic mass is 9.84. The van der Waals surface area contributed by atoms with Crippen LogP contribution >= 0.6 is 0 Å². The van der Waals surface area contributed by atoms with Crippen LogP contribution in [0.15, 0.2) is 42.5 Å². The van der Waals surface area contributed by atoms with Gasteiger partial charge in [0.1, 0.15) is 12.1 Å². The predicted molar refractivity (Wildman–Crippen MR) is 118 cm³/mol. The van der Waals surface area contributed by atoms with Crippen LogP contribution in [0.5, 0.6) is 0 Å². The van der Waals surface area contributed by atoms with Gasteiger partial charge in [-0.15, -0.1) is 0 Å². The Kier molecular flexibility index (Phi) is 5.52. The first kappa shape index (κ1) is 22.8. The molecule has 10 heteroatoms. The molecule has 10 nitrogen and oxygen atoms in total. The van der Waals surface area contributed by atoms with E-state index in [4.69, 9.17) is 4.74 Å². The summed E-state index contributed by atoms with van der Waals surface area (Å²) in [6.07, 6.45) is -1.25. The van der Waals surface area contributed by atoms with E-state index in [-0.39, 0.29) is 33.9 Å². The molecule has 0 radical (unpaired) electrons. The largest absolute Gasteiger partial charge is 0.451 e. The molecule has 1 fully saturated rings. The standard InChI is InChI=1S/C24H21N3O7/c1-12(34-18(28)11-27-22(32)24(2,3)26-23(27)33)21(31)25-13-8-9-16-17(10-13)20(30)15-7-5-4-6-14(15)19(16)29/h4-10,12H,11H2,1-3H3,(H,25,31)(H,26,33). The van der Waals surface area contributed by atoms with Crippen LogP contribution < -0.4 is 10.6 Å². The van der Waals surface area contributed by atoms with Gasteiger partial charge in [0.25, 0.3) is 11.8 Å². The summed E-state index contributed by atoms with van der Waals surface area (Å²) in [6, 6.07) is 10.1. The molecular formula is C24H21N3O7. The summed E-state index contributed by atoms with van der Waals surface area (Å²) in [5.74, 6) is -2.83. The number of urea groups is 1. The van der Waals surface area contributed by atoms with Crippen LogP contribution in [-0.2, 0) is 19.1 Å². The summed E-state index contributed by atoms with van der Waals surface area (Å²) >= 11 is 0. The molecule has 0 aromatic heterocycles. The van der Waals surface area contributed by atoms with E-state index in [9.17, 15) is 28.8 Å². The zero-order valence-electron chi connectivity index (χ0n) is 18.6. The monoisotopic (exact) mass is 463 g/mol. The summed E-state index contributed by atoms with van der Waals surface area (Å²) < 4.78 is 5.06. The van der Waals surface area contributed by atoms with Gasteiger partial charge in [-0.05, 0) is 39.0 Å². The first-order chi connectivity index (χ1) is 16.0. The Balaban J connectivity index is 1.42. The molecule has 4 amide bonds. The van der Waals surface area contributed by atoms with Gasteiger partial charge in [-0.25, -0.2) is 4.79 Å². The van der Waals surface area contributed by atoms with Crippen LogP contribution in [0.2, 0.25) is 0 Å². The Bertz CT molecular complexity index is 1280. The molecular weight excluding hydrogens is 442 g/mol. The highest BCUT2D eigenvalue weighted by Crippen LogP contribution is 2.29. The number of hydrogen-bond acceptors (Lipinski definition) is 7. The minimum absolute atomic E-state index is 0.160. The number of ketones is 2. The Morgan fingerprint density at radius 3 is 2.15 bits per heavy atom. The van der Waals surface area contributed by atoms with Gasteiger partial charge >= 0.3 is 12.0 Å². The number of rotatable bonds is 5. The van der Waals surface area contributed by atoms with E-state index < -0.39 is 42.0 Å². The van der Waals surface area contributed by atoms with Crippen LogP contribution in [0.25, 0.3) is 0 Å². The minimum Gasteiger partial charge on any atom is -0.451 e. The summed E-state index contributed by atoms with van der Waals surface area (Å²) in [4.78, 5) is 75.1. The molecule has 2 aromatic rings. The van der Waals surface area contributed by atoms with Crippen LogP contribution in [0.3, 0.4) is 0 Å². The zero-order chi connectivity index (χ0) is 24.8. The van der Waals surface area contributed by atoms with E-state index >= 15 is 0 Å². The Labute approximate surface area is 194 Å². The first-order valence-electron chi connectivity index (χ1n) is 10.5. The number of anilines is 1. The van der Waals surface area contributed by atoms with Crippen molar-refractivity contribution in [2.75, 3.05) is 11.9 Å². The Morgan fingerprint density at radius 2 is 1.56 bits per heavy atom. The lowest BCUT2D eigenvalue weighted by Crippen LogP contribution is -2.42. The van der Waals surface area contributed by atoms with Crippen LogP contribution in [0.1, 0.15) is 52.6 Å². The van der Waals surface area contributed by atoms with Crippen molar-refractivity contribution in [1.82, 2.24) is 10.2 Å². The third-order valence-corrected chi connectivity index (χ3v) is 5.60. The molecule has 1 aliphatic carbocycles. The third-order valence-electron chi connectivity index (χ3n) is 5.60. The van der Waals surface area contributed by atoms with E-state index in [1.54, 1.807) is 24.3 Å². The van der Waals surface area contributed by atoms with Crippen molar-refractivity contribution in [3.8, 4) is 0 Å². The van der Waals surface area contributed by atoms with Gasteiger partial charge in [0.15, 0.2) is 17.7 Å². The van der Waals surface area contributed by atoms with Gasteiger partial charge in [0, 0.05) is 27.9 Å². The lowest BCUT2D eigenvalue weighted by molar-refractivity contribution is -0.155. The highest BCUT2D eigenvalue weighted by molar-refractivity contribution is 6.28. The number of nitrogens with one attached hydrogen (secondary N) is 2. The van der Waals surface area contributed by atoms with Crippen LogP contribution in [-0.4, -0.2) is 58.5 Å². The van der Waals surface area contributed by atoms with Crippen LogP contribution in [0, 0.1) is 0 Å². The lowest BCUT2D eigenvalue weighted by Gasteiger charge is -2.19. The van der Waals surface area contributed by atoms with E-state index in [0.717, 1.165) is 4.90 Å². The molecule has 2 aliphatic rings. The Hall–Kier alpha value is -4.34. The van der Waals surface area contributed by atoms with Crippen molar-refractivity contribution >= 4 is 41.1 Å². The van der Waals surface area contributed by atoms with Gasteiger partial charge in [0.2, 0.25) is 0 Å². The molecule has 1 unspecified atom stereocenters. The fraction of sp³-hybridized carbons (Fsp3) is 0.250. The fourth-order valence-electron chi connectivity index (χ4n) is 3.80. The molecule has 2 aromatic carbocycles. The Morgan fingerprint density at radius 1 is 0.971 bits per heavy atom. The van der Waals surface area contributed by atoms with E-state index in [0.29, 0.717) is 5.56 Å². The maximum atomic E-state index is 12.8. The second kappa shape index (κ2) is 8.22. The first-order valence-corrected chi connectivity index (χ1v) is 10.5. The molecule has 174 valence electrons. The number of ether oxygens (including phenoxy) is 1. The number of hydrogen-bond donors (Lipinski definition) is 2. The smallest absolute Gasteiger partial charge is 0.327 e. The molecule has 1 saturated heterocycles. The number of nitrogens with zero attached hydrogens (tertiary/aromatic N) is 1. The molecule has 34 heavy (non-hydrogen) atoms. The molecule has 1 atom stereocenters. The van der Waals surface area contributed by atoms with Crippen molar-refractivity contribution in [2.24, 2.45) is 0 Å². The molecule has 4 rings (SSSR count). The van der Waals surface area contributed by atoms with E-state index in [1.807, 2.05) is 0 Å². The van der Waals surface area contributed by atoms with Crippen molar-refractivity contribution in [2.45, 2.75) is 32.4 Å². The average molecular weight is 463 g/mol. The number of carbonyl (C=O) groups is 6. The van der Waals surface area contributed by atoms with Crippen molar-refractivity contribution in [1.29, 1.82) is 0 Å². The molecule has 0 saturated carbocycles. The highest BCUT2D eigenvalue weighted by Gasteiger charge is 2.45. The summed E-state index contributed by atoms with van der Waals surface area (Å²) in [6.45, 7) is 3.70. The molecule has 0 spiro atoms. The van der Waals surface area contributed by atoms with Gasteiger partial charge in [-0.3, -0.25) is 28.9 Å². The fourth-order valence-corrected chi connectivity index (χ4v) is 3.80. The van der Waals surface area contributed by atoms with Crippen molar-refractivity contribution < 1.29 is 33.5 Å². The number of amides is 4. The summed E-state index contributed by atoms with van der Waals surface area (Å²) in [5.41, 5.74) is 0.111. The number of esters is 1. The topological polar surface area (TPSA) is 139 Å². The van der Waals surface area contributed by atoms with Crippen molar-refractivity contribution in [3.63, 3.8) is 0 Å². The normalized spacial score (nSPS) is 17.0. The number of benzene rings is 2. The molecule has 0 bridgehead atoms. The maximum Gasteiger partial charge on any atom is 0.327 e. The summed E-state index contributed by atoms with van der Waals surface area (Å²) in [7, 11) is 0. The van der Waals surface area contributed by atoms with E-state index in [1.165, 1.54) is 39.0 Å². The summed E-state index contributed by atoms with van der Waals surface area (Å²) in [5, 5.41) is 4.99. The number of imide groups is 1. The van der Waals surface area contributed by atoms with Gasteiger partial charge < -0.3 is 15.4 Å². The third kappa shape index (κ3) is 3.94. The minimum atomic E-state index is -1.25. The van der Waals surface area contributed by atoms with E-state index in [2.05, 4.69) is 10.6 Å². The second-order valence-corrected chi connectivity index (χ2v) is 8.53. The quantitative estimate of drug-likeness (QED) is 0.433. The molecule has 1 heterocycles.